The molecule has 1 aliphatic carbocycles. The number of rotatable bonds is 3. The summed E-state index contributed by atoms with van der Waals surface area (Å²) in [7, 11) is 0. The molecular formula is C13H17NO. The number of carbonyl (C=O) groups is 1. The van der Waals surface area contributed by atoms with Gasteiger partial charge in [0, 0.05) is 17.6 Å². The molecule has 0 radical (unpaired) electrons. The zero-order valence-electron chi connectivity index (χ0n) is 9.07. The molecule has 0 bridgehead atoms. The molecule has 0 spiro atoms. The number of aldehydes is 1. The van der Waals surface area contributed by atoms with Crippen LogP contribution in [0, 0.1) is 12.8 Å². The largest absolute Gasteiger partial charge is 0.382 e. The van der Waals surface area contributed by atoms with Gasteiger partial charge < -0.3 is 10.1 Å². The number of aryl methyl sites for hydroxylation is 1. The summed E-state index contributed by atoms with van der Waals surface area (Å²) in [5, 5.41) is 3.45. The second-order valence-electron chi connectivity index (χ2n) is 4.35. The van der Waals surface area contributed by atoms with Gasteiger partial charge in [0.15, 0.2) is 0 Å². The highest BCUT2D eigenvalue weighted by molar-refractivity contribution is 5.58. The Morgan fingerprint density at radius 3 is 3.00 bits per heavy atom. The van der Waals surface area contributed by atoms with Crippen LogP contribution in [0.4, 0.5) is 5.69 Å². The standard InChI is InChI=1S/C13H17NO/c1-10-4-2-6-12(8-10)14-13-7-3-5-11(13)9-15/h2,4,6,8-9,11,13-14H,3,5,7H2,1H3/t11-,13-/m1/s1. The van der Waals surface area contributed by atoms with E-state index >= 15 is 0 Å². The van der Waals surface area contributed by atoms with Crippen LogP contribution < -0.4 is 5.32 Å². The number of hydrogen-bond acceptors (Lipinski definition) is 2. The van der Waals surface area contributed by atoms with Gasteiger partial charge in [-0.3, -0.25) is 0 Å². The molecule has 1 N–H and O–H groups in total. The lowest BCUT2D eigenvalue weighted by Crippen LogP contribution is -2.24. The van der Waals surface area contributed by atoms with E-state index in [1.807, 2.05) is 6.07 Å². The summed E-state index contributed by atoms with van der Waals surface area (Å²) in [5.74, 6) is 0.200. The fourth-order valence-corrected chi connectivity index (χ4v) is 2.28. The highest BCUT2D eigenvalue weighted by Gasteiger charge is 2.26. The molecule has 1 aliphatic rings. The van der Waals surface area contributed by atoms with Gasteiger partial charge in [0.1, 0.15) is 6.29 Å². The van der Waals surface area contributed by atoms with E-state index in [0.29, 0.717) is 6.04 Å². The molecule has 2 rings (SSSR count). The molecular weight excluding hydrogens is 186 g/mol. The monoisotopic (exact) mass is 203 g/mol. The maximum atomic E-state index is 10.8. The van der Waals surface area contributed by atoms with Crippen LogP contribution in [-0.4, -0.2) is 12.3 Å². The zero-order valence-corrected chi connectivity index (χ0v) is 9.07. The molecule has 2 atom stereocenters. The molecule has 0 heterocycles. The first-order valence-corrected chi connectivity index (χ1v) is 5.58. The molecule has 1 saturated carbocycles. The van der Waals surface area contributed by atoms with Crippen LogP contribution in [0.1, 0.15) is 24.8 Å². The SMILES string of the molecule is Cc1cccc(N[C@@H]2CCC[C@@H]2C=O)c1. The highest BCUT2D eigenvalue weighted by Crippen LogP contribution is 2.27. The van der Waals surface area contributed by atoms with E-state index in [1.165, 1.54) is 5.56 Å². The summed E-state index contributed by atoms with van der Waals surface area (Å²) in [6.07, 6.45) is 4.40. The molecule has 0 aliphatic heterocycles. The average Bonchev–Trinajstić information content (AvgIpc) is 2.65. The summed E-state index contributed by atoms with van der Waals surface area (Å²) in [6, 6.07) is 8.65. The molecule has 0 aromatic heterocycles. The van der Waals surface area contributed by atoms with Crippen molar-refractivity contribution in [2.45, 2.75) is 32.2 Å². The van der Waals surface area contributed by atoms with E-state index in [0.717, 1.165) is 31.2 Å². The maximum Gasteiger partial charge on any atom is 0.125 e. The van der Waals surface area contributed by atoms with Gasteiger partial charge in [-0.2, -0.15) is 0 Å². The Morgan fingerprint density at radius 2 is 2.27 bits per heavy atom. The molecule has 80 valence electrons. The van der Waals surface area contributed by atoms with Crippen molar-refractivity contribution in [2.75, 3.05) is 5.32 Å². The molecule has 1 aromatic carbocycles. The third-order valence-corrected chi connectivity index (χ3v) is 3.11. The van der Waals surface area contributed by atoms with Crippen molar-refractivity contribution in [3.8, 4) is 0 Å². The number of carbonyl (C=O) groups excluding carboxylic acids is 1. The van der Waals surface area contributed by atoms with E-state index < -0.39 is 0 Å². The van der Waals surface area contributed by atoms with Crippen molar-refractivity contribution in [1.82, 2.24) is 0 Å². The Morgan fingerprint density at radius 1 is 1.40 bits per heavy atom. The maximum absolute atomic E-state index is 10.8. The molecule has 15 heavy (non-hydrogen) atoms. The van der Waals surface area contributed by atoms with E-state index in [9.17, 15) is 4.79 Å². The van der Waals surface area contributed by atoms with E-state index in [4.69, 9.17) is 0 Å². The minimum atomic E-state index is 0.200. The second kappa shape index (κ2) is 4.47. The molecule has 0 amide bonds. The van der Waals surface area contributed by atoms with E-state index in [1.54, 1.807) is 0 Å². The van der Waals surface area contributed by atoms with Crippen molar-refractivity contribution >= 4 is 12.0 Å². The molecule has 2 heteroatoms. The fourth-order valence-electron chi connectivity index (χ4n) is 2.28. The molecule has 0 saturated heterocycles. The highest BCUT2D eigenvalue weighted by atomic mass is 16.1. The van der Waals surface area contributed by atoms with Crippen molar-refractivity contribution in [3.63, 3.8) is 0 Å². The van der Waals surface area contributed by atoms with Gasteiger partial charge in [-0.1, -0.05) is 18.6 Å². The first kappa shape index (κ1) is 10.2. The molecule has 2 nitrogen and oxygen atoms in total. The van der Waals surface area contributed by atoms with Crippen LogP contribution in [0.25, 0.3) is 0 Å². The molecule has 1 fully saturated rings. The fraction of sp³-hybridized carbons (Fsp3) is 0.462. The van der Waals surface area contributed by atoms with Crippen molar-refractivity contribution in [1.29, 1.82) is 0 Å². The minimum absolute atomic E-state index is 0.200. The summed E-state index contributed by atoms with van der Waals surface area (Å²) in [5.41, 5.74) is 2.38. The van der Waals surface area contributed by atoms with Crippen LogP contribution in [0.5, 0.6) is 0 Å². The van der Waals surface area contributed by atoms with E-state index in [-0.39, 0.29) is 5.92 Å². The van der Waals surface area contributed by atoms with Gasteiger partial charge in [-0.15, -0.1) is 0 Å². The van der Waals surface area contributed by atoms with E-state index in [2.05, 4.69) is 30.4 Å². The number of benzene rings is 1. The number of anilines is 1. The average molecular weight is 203 g/mol. The van der Waals surface area contributed by atoms with Crippen LogP contribution in [0.2, 0.25) is 0 Å². The lowest BCUT2D eigenvalue weighted by Gasteiger charge is -2.17. The topological polar surface area (TPSA) is 29.1 Å². The number of hydrogen-bond donors (Lipinski definition) is 1. The van der Waals surface area contributed by atoms with Gasteiger partial charge in [0.25, 0.3) is 0 Å². The summed E-state index contributed by atoms with van der Waals surface area (Å²) in [4.78, 5) is 10.8. The summed E-state index contributed by atoms with van der Waals surface area (Å²) < 4.78 is 0. The summed E-state index contributed by atoms with van der Waals surface area (Å²) >= 11 is 0. The van der Waals surface area contributed by atoms with Gasteiger partial charge in [0.2, 0.25) is 0 Å². The Hall–Kier alpha value is -1.31. The Balaban J connectivity index is 2.05. The van der Waals surface area contributed by atoms with Gasteiger partial charge in [-0.05, 0) is 37.5 Å². The normalized spacial score (nSPS) is 25.1. The second-order valence-corrected chi connectivity index (χ2v) is 4.35. The Kier molecular flexibility index (Phi) is 3.05. The lowest BCUT2D eigenvalue weighted by atomic mass is 10.1. The smallest absolute Gasteiger partial charge is 0.125 e. The predicted molar refractivity (Wildman–Crippen MR) is 62.0 cm³/mol. The van der Waals surface area contributed by atoms with Gasteiger partial charge in [0.05, 0.1) is 0 Å². The Labute approximate surface area is 90.7 Å². The van der Waals surface area contributed by atoms with Gasteiger partial charge in [-0.25, -0.2) is 0 Å². The third-order valence-electron chi connectivity index (χ3n) is 3.11. The van der Waals surface area contributed by atoms with Crippen LogP contribution >= 0.6 is 0 Å². The first-order chi connectivity index (χ1) is 7.29. The van der Waals surface area contributed by atoms with Crippen molar-refractivity contribution in [2.24, 2.45) is 5.92 Å². The Bertz CT molecular complexity index is 348. The molecule has 1 aromatic rings. The zero-order chi connectivity index (χ0) is 10.7. The predicted octanol–water partition coefficient (Wildman–Crippen LogP) is 2.77. The van der Waals surface area contributed by atoms with Crippen LogP contribution in [0.3, 0.4) is 0 Å². The third kappa shape index (κ3) is 2.38. The van der Waals surface area contributed by atoms with Gasteiger partial charge >= 0.3 is 0 Å². The first-order valence-electron chi connectivity index (χ1n) is 5.58. The summed E-state index contributed by atoms with van der Waals surface area (Å²) in [6.45, 7) is 2.08. The van der Waals surface area contributed by atoms with Crippen LogP contribution in [-0.2, 0) is 4.79 Å². The minimum Gasteiger partial charge on any atom is -0.382 e. The van der Waals surface area contributed by atoms with Crippen molar-refractivity contribution < 1.29 is 4.79 Å². The lowest BCUT2D eigenvalue weighted by molar-refractivity contribution is -0.111. The van der Waals surface area contributed by atoms with Crippen LogP contribution in [0.15, 0.2) is 24.3 Å². The quantitative estimate of drug-likeness (QED) is 0.765. The van der Waals surface area contributed by atoms with Crippen molar-refractivity contribution in [3.05, 3.63) is 29.8 Å². The molecule has 0 unspecified atom stereocenters. The number of nitrogens with one attached hydrogen (secondary N) is 1.